The van der Waals surface area contributed by atoms with Gasteiger partial charge in [-0.3, -0.25) is 4.98 Å². The van der Waals surface area contributed by atoms with Gasteiger partial charge in [-0.25, -0.2) is 0 Å². The molecule has 5 heteroatoms. The average molecular weight is 365 g/mol. The molecule has 94 valence electrons. The van der Waals surface area contributed by atoms with Crippen LogP contribution in [-0.2, 0) is 4.74 Å². The number of rotatable bonds is 4. The topological polar surface area (TPSA) is 31.4 Å². The Morgan fingerprint density at radius 1 is 1.35 bits per heavy atom. The summed E-state index contributed by atoms with van der Waals surface area (Å²) in [4.78, 5) is 4.09. The third-order valence-corrected chi connectivity index (χ3v) is 4.68. The summed E-state index contributed by atoms with van der Waals surface area (Å²) in [5.41, 5.74) is 0.195. The van der Waals surface area contributed by atoms with Crippen molar-refractivity contribution in [3.63, 3.8) is 0 Å². The molecule has 0 spiro atoms. The number of nitrogens with zero attached hydrogens (tertiary/aromatic N) is 1. The Balaban J connectivity index is 1.95. The zero-order valence-corrected chi connectivity index (χ0v) is 12.7. The van der Waals surface area contributed by atoms with Crippen LogP contribution >= 0.6 is 31.9 Å². The Morgan fingerprint density at radius 3 is 2.76 bits per heavy atom. The first-order valence-electron chi connectivity index (χ1n) is 5.61. The summed E-state index contributed by atoms with van der Waals surface area (Å²) in [6, 6.07) is 1.94. The highest BCUT2D eigenvalue weighted by Gasteiger charge is 2.32. The number of halogens is 2. The lowest BCUT2D eigenvalue weighted by molar-refractivity contribution is 0.00347. The van der Waals surface area contributed by atoms with E-state index in [0.29, 0.717) is 6.61 Å². The van der Waals surface area contributed by atoms with Gasteiger partial charge in [0.05, 0.1) is 12.8 Å². The van der Waals surface area contributed by atoms with Gasteiger partial charge in [-0.05, 0) is 34.8 Å². The van der Waals surface area contributed by atoms with Gasteiger partial charge in [0.2, 0.25) is 0 Å². The van der Waals surface area contributed by atoms with Crippen LogP contribution in [0.1, 0.15) is 12.8 Å². The lowest BCUT2D eigenvalue weighted by Crippen LogP contribution is -2.36. The van der Waals surface area contributed by atoms with E-state index in [4.69, 9.17) is 9.47 Å². The number of alkyl halides is 1. The van der Waals surface area contributed by atoms with Crippen LogP contribution in [0.25, 0.3) is 0 Å². The van der Waals surface area contributed by atoms with E-state index in [-0.39, 0.29) is 5.41 Å². The minimum absolute atomic E-state index is 0.195. The molecule has 3 nitrogen and oxygen atoms in total. The van der Waals surface area contributed by atoms with Crippen LogP contribution in [0.3, 0.4) is 0 Å². The second-order valence-electron chi connectivity index (χ2n) is 4.37. The van der Waals surface area contributed by atoms with Crippen molar-refractivity contribution in [3.8, 4) is 5.75 Å². The second kappa shape index (κ2) is 6.16. The molecule has 1 saturated heterocycles. The van der Waals surface area contributed by atoms with Gasteiger partial charge in [-0.2, -0.15) is 0 Å². The summed E-state index contributed by atoms with van der Waals surface area (Å²) >= 11 is 6.98. The van der Waals surface area contributed by atoms with Gasteiger partial charge in [-0.15, -0.1) is 0 Å². The van der Waals surface area contributed by atoms with E-state index in [2.05, 4.69) is 36.8 Å². The highest BCUT2D eigenvalue weighted by atomic mass is 79.9. The maximum Gasteiger partial charge on any atom is 0.138 e. The molecule has 2 rings (SSSR count). The van der Waals surface area contributed by atoms with Gasteiger partial charge in [-0.1, -0.05) is 15.9 Å². The van der Waals surface area contributed by atoms with Gasteiger partial charge >= 0.3 is 0 Å². The fourth-order valence-electron chi connectivity index (χ4n) is 1.83. The van der Waals surface area contributed by atoms with Crippen molar-refractivity contribution in [1.82, 2.24) is 4.98 Å². The summed E-state index contributed by atoms with van der Waals surface area (Å²) in [5.74, 6) is 0.811. The molecule has 17 heavy (non-hydrogen) atoms. The highest BCUT2D eigenvalue weighted by molar-refractivity contribution is 9.10. The van der Waals surface area contributed by atoms with Gasteiger partial charge in [0, 0.05) is 34.6 Å². The van der Waals surface area contributed by atoms with Crippen molar-refractivity contribution < 1.29 is 9.47 Å². The van der Waals surface area contributed by atoms with E-state index >= 15 is 0 Å². The number of hydrogen-bond donors (Lipinski definition) is 0. The van der Waals surface area contributed by atoms with Crippen molar-refractivity contribution in [2.45, 2.75) is 12.8 Å². The molecule has 1 aliphatic heterocycles. The zero-order valence-electron chi connectivity index (χ0n) is 9.49. The average Bonchev–Trinajstić information content (AvgIpc) is 2.38. The maximum atomic E-state index is 5.84. The van der Waals surface area contributed by atoms with E-state index in [9.17, 15) is 0 Å². The number of ether oxygens (including phenoxy) is 2. The van der Waals surface area contributed by atoms with Gasteiger partial charge in [0.1, 0.15) is 5.75 Å². The Hall–Kier alpha value is -0.130. The van der Waals surface area contributed by atoms with Gasteiger partial charge in [0.25, 0.3) is 0 Å². The summed E-state index contributed by atoms with van der Waals surface area (Å²) in [7, 11) is 0. The van der Waals surface area contributed by atoms with E-state index in [1.165, 1.54) is 0 Å². The smallest absolute Gasteiger partial charge is 0.138 e. The van der Waals surface area contributed by atoms with Crippen LogP contribution in [0.15, 0.2) is 22.9 Å². The molecule has 0 saturated carbocycles. The maximum absolute atomic E-state index is 5.84. The van der Waals surface area contributed by atoms with Crippen LogP contribution in [0, 0.1) is 5.41 Å². The SMILES string of the molecule is BrCC1(COc2cncc(Br)c2)CCOCC1. The van der Waals surface area contributed by atoms with Crippen LogP contribution in [-0.4, -0.2) is 30.1 Å². The molecule has 0 aliphatic carbocycles. The molecule has 0 N–H and O–H groups in total. The minimum Gasteiger partial charge on any atom is -0.491 e. The van der Waals surface area contributed by atoms with Crippen molar-refractivity contribution in [2.24, 2.45) is 5.41 Å². The van der Waals surface area contributed by atoms with Crippen molar-refractivity contribution in [1.29, 1.82) is 0 Å². The molecule has 1 aromatic rings. The largest absolute Gasteiger partial charge is 0.491 e. The lowest BCUT2D eigenvalue weighted by Gasteiger charge is -2.35. The standard InChI is InChI=1S/C12H15Br2NO2/c13-8-12(1-3-16-4-2-12)9-17-11-5-10(14)6-15-7-11/h5-7H,1-4,8-9H2. The molecule has 2 heterocycles. The second-order valence-corrected chi connectivity index (χ2v) is 5.85. The van der Waals surface area contributed by atoms with Crippen molar-refractivity contribution in [3.05, 3.63) is 22.9 Å². The molecule has 1 fully saturated rings. The first kappa shape index (κ1) is 13.3. The summed E-state index contributed by atoms with van der Waals surface area (Å²) in [6.45, 7) is 2.36. The highest BCUT2D eigenvalue weighted by Crippen LogP contribution is 2.33. The fourth-order valence-corrected chi connectivity index (χ4v) is 2.90. The van der Waals surface area contributed by atoms with Crippen LogP contribution < -0.4 is 4.74 Å². The predicted octanol–water partition coefficient (Wildman–Crippen LogP) is 3.41. The molecular formula is C12H15Br2NO2. The van der Waals surface area contributed by atoms with Crippen molar-refractivity contribution >= 4 is 31.9 Å². The predicted molar refractivity (Wildman–Crippen MR) is 73.7 cm³/mol. The first-order chi connectivity index (χ1) is 8.24. The van der Waals surface area contributed by atoms with Crippen LogP contribution in [0.2, 0.25) is 0 Å². The monoisotopic (exact) mass is 363 g/mol. The molecular weight excluding hydrogens is 350 g/mol. The number of aromatic nitrogens is 1. The van der Waals surface area contributed by atoms with Crippen LogP contribution in [0.5, 0.6) is 5.75 Å². The Kier molecular flexibility index (Phi) is 4.82. The quantitative estimate of drug-likeness (QED) is 0.767. The third kappa shape index (κ3) is 3.66. The first-order valence-corrected chi connectivity index (χ1v) is 7.53. The third-order valence-electron chi connectivity index (χ3n) is 3.06. The molecule has 0 radical (unpaired) electrons. The van der Waals surface area contributed by atoms with Crippen molar-refractivity contribution in [2.75, 3.05) is 25.2 Å². The Labute approximate surface area is 118 Å². The summed E-state index contributed by atoms with van der Waals surface area (Å²) in [5, 5.41) is 0.949. The molecule has 0 aromatic carbocycles. The molecule has 0 atom stereocenters. The Morgan fingerprint density at radius 2 is 2.12 bits per heavy atom. The molecule has 0 amide bonds. The number of hydrogen-bond acceptors (Lipinski definition) is 3. The molecule has 1 aromatic heterocycles. The van der Waals surface area contributed by atoms with Gasteiger partial charge < -0.3 is 9.47 Å². The molecule has 0 unspecified atom stereocenters. The fraction of sp³-hybridized carbons (Fsp3) is 0.583. The number of pyridine rings is 1. The van der Waals surface area contributed by atoms with E-state index < -0.39 is 0 Å². The van der Waals surface area contributed by atoms with E-state index in [0.717, 1.165) is 41.6 Å². The van der Waals surface area contributed by atoms with Gasteiger partial charge in [0.15, 0.2) is 0 Å². The Bertz CT molecular complexity index is 367. The zero-order chi connectivity index (χ0) is 12.1. The van der Waals surface area contributed by atoms with Crippen LogP contribution in [0.4, 0.5) is 0 Å². The van der Waals surface area contributed by atoms with E-state index in [1.54, 1.807) is 12.4 Å². The van der Waals surface area contributed by atoms with E-state index in [1.807, 2.05) is 6.07 Å². The molecule has 1 aliphatic rings. The minimum atomic E-state index is 0.195. The summed E-state index contributed by atoms with van der Waals surface area (Å²) < 4.78 is 12.2. The normalized spacial score (nSPS) is 18.9. The molecule has 0 bridgehead atoms. The summed E-state index contributed by atoms with van der Waals surface area (Å²) in [6.07, 6.45) is 5.58. The lowest BCUT2D eigenvalue weighted by atomic mass is 9.83.